The molecule has 0 fully saturated rings. The second kappa shape index (κ2) is 5.35. The quantitative estimate of drug-likeness (QED) is 0.831. The first-order valence-electron chi connectivity index (χ1n) is 5.14. The van der Waals surface area contributed by atoms with Crippen LogP contribution in [0.5, 0.6) is 5.75 Å². The van der Waals surface area contributed by atoms with Crippen molar-refractivity contribution in [1.29, 1.82) is 0 Å². The number of hydrogen-bond donors (Lipinski definition) is 1. The predicted octanol–water partition coefficient (Wildman–Crippen LogP) is 3.52. The van der Waals surface area contributed by atoms with E-state index in [0.717, 1.165) is 18.2 Å². The van der Waals surface area contributed by atoms with E-state index in [0.29, 0.717) is 12.8 Å². The minimum Gasteiger partial charge on any atom is -0.406 e. The van der Waals surface area contributed by atoms with E-state index in [-0.39, 0.29) is 5.56 Å². The highest BCUT2D eigenvalue weighted by molar-refractivity contribution is 5.32. The van der Waals surface area contributed by atoms with E-state index in [9.17, 15) is 17.6 Å². The first-order chi connectivity index (χ1) is 7.83. The lowest BCUT2D eigenvalue weighted by molar-refractivity contribution is -0.274. The zero-order valence-electron chi connectivity index (χ0n) is 9.22. The third-order valence-corrected chi connectivity index (χ3v) is 2.20. The number of rotatable bonds is 4. The molecule has 1 aromatic carbocycles. The molecule has 0 saturated heterocycles. The van der Waals surface area contributed by atoms with E-state index < -0.39 is 24.0 Å². The van der Waals surface area contributed by atoms with E-state index in [1.165, 1.54) is 0 Å². The van der Waals surface area contributed by atoms with Gasteiger partial charge in [0.1, 0.15) is 11.6 Å². The van der Waals surface area contributed by atoms with Crippen molar-refractivity contribution < 1.29 is 22.3 Å². The molecule has 6 heteroatoms. The molecule has 0 aliphatic carbocycles. The Hall–Kier alpha value is -1.30. The van der Waals surface area contributed by atoms with Gasteiger partial charge < -0.3 is 10.5 Å². The van der Waals surface area contributed by atoms with Crippen LogP contribution in [-0.2, 0) is 0 Å². The third kappa shape index (κ3) is 4.22. The van der Waals surface area contributed by atoms with Gasteiger partial charge in [-0.25, -0.2) is 4.39 Å². The Bertz CT molecular complexity index is 378. The SMILES string of the molecule is CCC[C@@H](N)c1cc(OC(F)(F)F)ccc1F. The summed E-state index contributed by atoms with van der Waals surface area (Å²) in [5, 5.41) is 0. The number of alkyl halides is 3. The standard InChI is InChI=1S/C11H13F4NO/c1-2-3-10(16)8-6-7(4-5-9(8)12)17-11(13,14)15/h4-6,10H,2-3,16H2,1H3/t10-/m1/s1. The highest BCUT2D eigenvalue weighted by atomic mass is 19.4. The van der Waals surface area contributed by atoms with Crippen LogP contribution in [0, 0.1) is 5.82 Å². The summed E-state index contributed by atoms with van der Waals surface area (Å²) in [4.78, 5) is 0. The van der Waals surface area contributed by atoms with Crippen molar-refractivity contribution >= 4 is 0 Å². The lowest BCUT2D eigenvalue weighted by Crippen LogP contribution is -2.18. The van der Waals surface area contributed by atoms with Crippen LogP contribution in [0.1, 0.15) is 31.4 Å². The van der Waals surface area contributed by atoms with E-state index >= 15 is 0 Å². The Morgan fingerprint density at radius 3 is 2.53 bits per heavy atom. The highest BCUT2D eigenvalue weighted by Crippen LogP contribution is 2.28. The van der Waals surface area contributed by atoms with Crippen molar-refractivity contribution in [3.05, 3.63) is 29.6 Å². The summed E-state index contributed by atoms with van der Waals surface area (Å²) in [5.74, 6) is -1.08. The molecule has 17 heavy (non-hydrogen) atoms. The zero-order valence-corrected chi connectivity index (χ0v) is 9.22. The van der Waals surface area contributed by atoms with Gasteiger partial charge in [0.2, 0.25) is 0 Å². The van der Waals surface area contributed by atoms with Crippen LogP contribution in [0.4, 0.5) is 17.6 Å². The van der Waals surface area contributed by atoms with E-state index in [1.54, 1.807) is 0 Å². The summed E-state index contributed by atoms with van der Waals surface area (Å²) in [6.07, 6.45) is -3.58. The van der Waals surface area contributed by atoms with Gasteiger partial charge in [0.25, 0.3) is 0 Å². The Kier molecular flexibility index (Phi) is 4.34. The summed E-state index contributed by atoms with van der Waals surface area (Å²) in [5.41, 5.74) is 5.70. The minimum absolute atomic E-state index is 0.0357. The van der Waals surface area contributed by atoms with Crippen molar-refractivity contribution in [2.75, 3.05) is 0 Å². The molecule has 2 nitrogen and oxygen atoms in total. The monoisotopic (exact) mass is 251 g/mol. The first-order valence-corrected chi connectivity index (χ1v) is 5.14. The summed E-state index contributed by atoms with van der Waals surface area (Å²) >= 11 is 0. The van der Waals surface area contributed by atoms with Crippen molar-refractivity contribution in [3.8, 4) is 5.75 Å². The molecule has 96 valence electrons. The second-order valence-electron chi connectivity index (χ2n) is 3.63. The van der Waals surface area contributed by atoms with Gasteiger partial charge in [0.15, 0.2) is 0 Å². The molecule has 0 aromatic heterocycles. The molecule has 2 N–H and O–H groups in total. The molecule has 1 aromatic rings. The fraction of sp³-hybridized carbons (Fsp3) is 0.455. The maximum atomic E-state index is 13.4. The first kappa shape index (κ1) is 13.8. The maximum absolute atomic E-state index is 13.4. The van der Waals surface area contributed by atoms with Gasteiger partial charge in [-0.15, -0.1) is 13.2 Å². The molecular formula is C11H13F4NO. The number of benzene rings is 1. The van der Waals surface area contributed by atoms with Gasteiger partial charge in [-0.3, -0.25) is 0 Å². The Morgan fingerprint density at radius 2 is 2.00 bits per heavy atom. The van der Waals surface area contributed by atoms with Crippen LogP contribution in [-0.4, -0.2) is 6.36 Å². The van der Waals surface area contributed by atoms with Crippen LogP contribution in [0.3, 0.4) is 0 Å². The van der Waals surface area contributed by atoms with Gasteiger partial charge >= 0.3 is 6.36 Å². The molecule has 0 spiro atoms. The lowest BCUT2D eigenvalue weighted by atomic mass is 10.0. The normalized spacial score (nSPS) is 13.5. The molecule has 0 aliphatic heterocycles. The fourth-order valence-corrected chi connectivity index (χ4v) is 1.47. The molecule has 1 rings (SSSR count). The van der Waals surface area contributed by atoms with Gasteiger partial charge in [0.05, 0.1) is 0 Å². The third-order valence-electron chi connectivity index (χ3n) is 2.20. The summed E-state index contributed by atoms with van der Waals surface area (Å²) in [6.45, 7) is 1.85. The van der Waals surface area contributed by atoms with Crippen LogP contribution >= 0.6 is 0 Å². The minimum atomic E-state index is -4.79. The van der Waals surface area contributed by atoms with Crippen molar-refractivity contribution in [1.82, 2.24) is 0 Å². The molecule has 0 amide bonds. The molecule has 0 bridgehead atoms. The van der Waals surface area contributed by atoms with E-state index in [4.69, 9.17) is 5.73 Å². The molecular weight excluding hydrogens is 238 g/mol. The molecule has 0 saturated carbocycles. The van der Waals surface area contributed by atoms with E-state index in [1.807, 2.05) is 6.92 Å². The van der Waals surface area contributed by atoms with Gasteiger partial charge in [-0.05, 0) is 24.6 Å². The Morgan fingerprint density at radius 1 is 1.35 bits per heavy atom. The zero-order chi connectivity index (χ0) is 13.1. The molecule has 0 heterocycles. The molecule has 0 aliphatic rings. The number of nitrogens with two attached hydrogens (primary N) is 1. The van der Waals surface area contributed by atoms with Crippen molar-refractivity contribution in [3.63, 3.8) is 0 Å². The lowest BCUT2D eigenvalue weighted by Gasteiger charge is -2.14. The van der Waals surface area contributed by atoms with Crippen LogP contribution in [0.2, 0.25) is 0 Å². The number of ether oxygens (including phenoxy) is 1. The highest BCUT2D eigenvalue weighted by Gasteiger charge is 2.31. The van der Waals surface area contributed by atoms with Crippen LogP contribution in [0.25, 0.3) is 0 Å². The topological polar surface area (TPSA) is 35.2 Å². The average molecular weight is 251 g/mol. The number of hydrogen-bond acceptors (Lipinski definition) is 2. The fourth-order valence-electron chi connectivity index (χ4n) is 1.47. The largest absolute Gasteiger partial charge is 0.573 e. The maximum Gasteiger partial charge on any atom is 0.573 e. The van der Waals surface area contributed by atoms with Gasteiger partial charge in [-0.2, -0.15) is 0 Å². The van der Waals surface area contributed by atoms with Gasteiger partial charge in [-0.1, -0.05) is 13.3 Å². The van der Waals surface area contributed by atoms with Gasteiger partial charge in [0, 0.05) is 11.6 Å². The Labute approximate surface area is 96.4 Å². The summed E-state index contributed by atoms with van der Waals surface area (Å²) < 4.78 is 53.0. The molecule has 0 radical (unpaired) electrons. The summed E-state index contributed by atoms with van der Waals surface area (Å²) in [6, 6.07) is 2.21. The van der Waals surface area contributed by atoms with Crippen LogP contribution in [0.15, 0.2) is 18.2 Å². The summed E-state index contributed by atoms with van der Waals surface area (Å²) in [7, 11) is 0. The van der Waals surface area contributed by atoms with Crippen molar-refractivity contribution in [2.24, 2.45) is 5.73 Å². The second-order valence-corrected chi connectivity index (χ2v) is 3.63. The predicted molar refractivity (Wildman–Crippen MR) is 54.9 cm³/mol. The number of halogens is 4. The smallest absolute Gasteiger partial charge is 0.406 e. The average Bonchev–Trinajstić information content (AvgIpc) is 2.19. The van der Waals surface area contributed by atoms with Crippen molar-refractivity contribution in [2.45, 2.75) is 32.2 Å². The Balaban J connectivity index is 2.94. The molecule has 1 atom stereocenters. The van der Waals surface area contributed by atoms with Crippen LogP contribution < -0.4 is 10.5 Å². The molecule has 0 unspecified atom stereocenters. The van der Waals surface area contributed by atoms with E-state index in [2.05, 4.69) is 4.74 Å².